The minimum absolute atomic E-state index is 0.0544. The molecule has 0 fully saturated rings. The van der Waals surface area contributed by atoms with Gasteiger partial charge in [0, 0.05) is 25.6 Å². The maximum Gasteiger partial charge on any atom is 0.149 e. The van der Waals surface area contributed by atoms with Gasteiger partial charge in [-0.3, -0.25) is 9.55 Å². The smallest absolute Gasteiger partial charge is 0.149 e. The summed E-state index contributed by atoms with van der Waals surface area (Å²) < 4.78 is 82.3. The maximum atomic E-state index is 12.6. The lowest BCUT2D eigenvalue weighted by atomic mass is 9.79. The van der Waals surface area contributed by atoms with Crippen LogP contribution in [0.2, 0.25) is 0 Å². The molecule has 0 aliphatic heterocycles. The van der Waals surface area contributed by atoms with Gasteiger partial charge in [-0.15, -0.1) is 0 Å². The van der Waals surface area contributed by atoms with Crippen LogP contribution in [-0.4, -0.2) is 19.6 Å². The van der Waals surface area contributed by atoms with Crippen molar-refractivity contribution in [2.75, 3.05) is 0 Å². The van der Waals surface area contributed by atoms with Crippen molar-refractivity contribution in [3.8, 4) is 67.5 Å². The van der Waals surface area contributed by atoms with Gasteiger partial charge >= 0.3 is 0 Å². The number of benzene rings is 6. The third kappa shape index (κ3) is 9.12. The highest BCUT2D eigenvalue weighted by atomic mass is 16.3. The van der Waals surface area contributed by atoms with Crippen molar-refractivity contribution in [2.24, 2.45) is 0 Å². The van der Waals surface area contributed by atoms with Gasteiger partial charge in [-0.2, -0.15) is 0 Å². The molecule has 8 aromatic rings. The number of aromatic hydroxyl groups is 1. The minimum atomic E-state index is -0.893. The van der Waals surface area contributed by atoms with Gasteiger partial charge in [0.1, 0.15) is 11.6 Å². The number of fused-ring (bicyclic) bond motifs is 1. The molecule has 66 heavy (non-hydrogen) atoms. The summed E-state index contributed by atoms with van der Waals surface area (Å²) in [5, 5.41) is 12.6. The summed E-state index contributed by atoms with van der Waals surface area (Å²) >= 11 is 0. The van der Waals surface area contributed by atoms with E-state index in [4.69, 9.17) is 16.0 Å². The molecule has 0 amide bonds. The number of aryl methyl sites for hydroxylation is 1. The molecule has 2 aromatic heterocycles. The van der Waals surface area contributed by atoms with Crippen molar-refractivity contribution in [1.82, 2.24) is 14.5 Å². The summed E-state index contributed by atoms with van der Waals surface area (Å²) in [5.74, 6) is -1.13. The van der Waals surface area contributed by atoms with E-state index in [1.54, 1.807) is 0 Å². The van der Waals surface area contributed by atoms with E-state index < -0.39 is 46.9 Å². The van der Waals surface area contributed by atoms with E-state index in [-0.39, 0.29) is 51.7 Å². The molecule has 0 spiro atoms. The molecule has 6 aromatic carbocycles. The quantitative estimate of drug-likeness (QED) is 0.165. The zero-order chi connectivity index (χ0) is 55.6. The zero-order valence-electron chi connectivity index (χ0n) is 50.4. The summed E-state index contributed by atoms with van der Waals surface area (Å²) in [4.78, 5) is 10.1. The molecule has 0 saturated carbocycles. The number of rotatable bonds is 8. The van der Waals surface area contributed by atoms with Crippen LogP contribution in [0.4, 0.5) is 0 Å². The van der Waals surface area contributed by atoms with E-state index in [0.717, 1.165) is 66.8 Å². The molecule has 4 heteroatoms. The molecule has 0 unspecified atom stereocenters. The number of phenols is 1. The Bertz CT molecular complexity index is 3570. The highest BCUT2D eigenvalue weighted by Gasteiger charge is 2.29. The Morgan fingerprint density at radius 2 is 1.23 bits per heavy atom. The van der Waals surface area contributed by atoms with Gasteiger partial charge in [0.2, 0.25) is 0 Å². The predicted octanol–water partition coefficient (Wildman–Crippen LogP) is 17.2. The van der Waals surface area contributed by atoms with Crippen molar-refractivity contribution in [3.63, 3.8) is 0 Å². The number of imidazole rings is 1. The number of aromatic nitrogens is 3. The van der Waals surface area contributed by atoms with Crippen molar-refractivity contribution in [3.05, 3.63) is 166 Å². The topological polar surface area (TPSA) is 50.9 Å². The van der Waals surface area contributed by atoms with Crippen molar-refractivity contribution >= 4 is 11.0 Å². The number of nitrogens with zero attached hydrogens (tertiary/aromatic N) is 3. The fourth-order valence-electron chi connectivity index (χ4n) is 8.46. The minimum Gasteiger partial charge on any atom is -0.507 e. The first-order valence-electron chi connectivity index (χ1n) is 27.4. The number of phenolic OH excluding ortho intramolecular Hbond substituents is 1. The van der Waals surface area contributed by atoms with E-state index in [0.29, 0.717) is 22.5 Å². The van der Waals surface area contributed by atoms with Crippen LogP contribution in [0, 0.1) is 13.8 Å². The maximum absolute atomic E-state index is 12.6. The molecule has 0 aliphatic carbocycles. The molecule has 338 valence electrons. The monoisotopic (exact) mass is 881 g/mol. The Morgan fingerprint density at radius 1 is 0.591 bits per heavy atom. The second-order valence-corrected chi connectivity index (χ2v) is 21.4. The van der Waals surface area contributed by atoms with Gasteiger partial charge in [0.25, 0.3) is 0 Å². The number of hydrogen-bond acceptors (Lipinski definition) is 3. The highest BCUT2D eigenvalue weighted by molar-refractivity contribution is 5.97. The summed E-state index contributed by atoms with van der Waals surface area (Å²) in [6.07, 6.45) is -0.469. The standard InChI is InChI=1S/C62H69N3O/c1-37(2)44-28-45(38(3)4)30-46(29-44)42-23-24-55(40(6)27-42)65-56-18-16-17-51(57(56)64-59(65)52-35-50(61(10,11)12)36-53(58(52)66)62(13,14)15)47-31-48(33-49(32-47)60(7,8)9)54-34-43(25-26-63-54)41-21-19-39(5)20-22-41/h16-38,66H,1-15H3/i19D,20D,21D,22D,25D,26D,34D,37D,38D. The lowest BCUT2D eigenvalue weighted by Crippen LogP contribution is -2.17. The Balaban J connectivity index is 1.44. The summed E-state index contributed by atoms with van der Waals surface area (Å²) in [5.41, 5.74) is 10.4. The van der Waals surface area contributed by atoms with Crippen LogP contribution in [0.25, 0.3) is 72.7 Å². The fraction of sp³-hybridized carbons (Fsp3) is 0.323. The van der Waals surface area contributed by atoms with Gasteiger partial charge < -0.3 is 5.11 Å². The highest BCUT2D eigenvalue weighted by Crippen LogP contribution is 2.45. The first kappa shape index (κ1) is 35.9. The lowest BCUT2D eigenvalue weighted by molar-refractivity contribution is 0.446. The van der Waals surface area contributed by atoms with Crippen LogP contribution in [0.5, 0.6) is 5.75 Å². The Morgan fingerprint density at radius 3 is 1.83 bits per heavy atom. The average molecular weight is 881 g/mol. The van der Waals surface area contributed by atoms with Gasteiger partial charge in [-0.1, -0.05) is 168 Å². The van der Waals surface area contributed by atoms with Crippen LogP contribution in [0.15, 0.2) is 127 Å². The first-order chi connectivity index (χ1) is 34.5. The van der Waals surface area contributed by atoms with Gasteiger partial charge in [0.15, 0.2) is 0 Å². The van der Waals surface area contributed by atoms with E-state index >= 15 is 0 Å². The van der Waals surface area contributed by atoms with Crippen LogP contribution < -0.4 is 0 Å². The predicted molar refractivity (Wildman–Crippen MR) is 281 cm³/mol. The molecular formula is C62H69N3O. The van der Waals surface area contributed by atoms with E-state index in [1.165, 1.54) is 6.92 Å². The SMILES string of the molecule is [2H]c1nc(-c2cc(-c3cccc4c3nc(-c3cc(C(C)(C)C)cc(C(C)(C)C)c3O)n4-c3ccc(-c4cc(C([2H])(C)C)cc(C([2H])(C)C)c4)cc3C)cc(C(C)(C)C)c2)c([2H])c(-c2c([2H])c([2H])c(C)c([2H])c2[2H])c1[2H]. The second kappa shape index (κ2) is 17.2. The Kier molecular flexibility index (Phi) is 9.36. The normalized spacial score (nSPS) is 14.7. The first-order valence-corrected chi connectivity index (χ1v) is 22.9. The lowest BCUT2D eigenvalue weighted by Gasteiger charge is -2.27. The molecule has 2 heterocycles. The number of hydrogen-bond donors (Lipinski definition) is 1. The van der Waals surface area contributed by atoms with Crippen LogP contribution in [-0.2, 0) is 16.2 Å². The zero-order valence-corrected chi connectivity index (χ0v) is 41.4. The number of pyridine rings is 1. The Labute approximate surface area is 407 Å². The van der Waals surface area contributed by atoms with Crippen molar-refractivity contribution < 1.29 is 17.4 Å². The molecular weight excluding hydrogens is 803 g/mol. The molecule has 0 atom stereocenters. The molecule has 0 radical (unpaired) electrons. The summed E-state index contributed by atoms with van der Waals surface area (Å²) in [6, 6.07) is 26.2. The van der Waals surface area contributed by atoms with Gasteiger partial charge in [-0.25, -0.2) is 4.98 Å². The second-order valence-electron chi connectivity index (χ2n) is 21.4. The summed E-state index contributed by atoms with van der Waals surface area (Å²) in [6.45, 7) is 29.9. The molecule has 1 N–H and O–H groups in total. The third-order valence-electron chi connectivity index (χ3n) is 12.5. The van der Waals surface area contributed by atoms with E-state index in [9.17, 15) is 6.48 Å². The molecule has 0 bridgehead atoms. The van der Waals surface area contributed by atoms with Crippen LogP contribution in [0.3, 0.4) is 0 Å². The summed E-state index contributed by atoms with van der Waals surface area (Å²) in [7, 11) is 0. The van der Waals surface area contributed by atoms with Crippen LogP contribution in [0.1, 0.15) is 153 Å². The molecule has 0 aliphatic rings. The average Bonchev–Trinajstić information content (AvgIpc) is 3.69. The fourth-order valence-corrected chi connectivity index (χ4v) is 8.46. The van der Waals surface area contributed by atoms with E-state index in [1.807, 2.05) is 82.3 Å². The van der Waals surface area contributed by atoms with Crippen molar-refractivity contribution in [2.45, 2.75) is 132 Å². The third-order valence-corrected chi connectivity index (χ3v) is 12.5. The molecule has 8 rings (SSSR count). The molecule has 4 nitrogen and oxygen atoms in total. The van der Waals surface area contributed by atoms with E-state index in [2.05, 4.69) is 109 Å². The largest absolute Gasteiger partial charge is 0.507 e. The number of para-hydroxylation sites is 1. The Hall–Kier alpha value is -6.26. The van der Waals surface area contributed by atoms with Crippen LogP contribution >= 0.6 is 0 Å². The molecule has 0 saturated heterocycles. The van der Waals surface area contributed by atoms with Gasteiger partial charge in [-0.05, 0) is 146 Å². The van der Waals surface area contributed by atoms with Crippen molar-refractivity contribution in [1.29, 1.82) is 0 Å². The van der Waals surface area contributed by atoms with Gasteiger partial charge in [0.05, 0.1) is 37.6 Å².